The average molecular weight is 519 g/mol. The summed E-state index contributed by atoms with van der Waals surface area (Å²) in [5, 5.41) is 9.32. The minimum absolute atomic E-state index is 0.226. The maximum Gasteiger partial charge on any atom is 0.291 e. The third kappa shape index (κ3) is 4.39. The van der Waals surface area contributed by atoms with Crippen LogP contribution in [0.5, 0.6) is 5.75 Å². The number of para-hydroxylation sites is 1. The molecule has 0 bridgehead atoms. The summed E-state index contributed by atoms with van der Waals surface area (Å²) in [6.45, 7) is 6.14. The number of nitrogens with zero attached hydrogens (tertiary/aromatic N) is 6. The van der Waals surface area contributed by atoms with Crippen molar-refractivity contribution < 1.29 is 4.74 Å². The molecule has 0 unspecified atom stereocenters. The van der Waals surface area contributed by atoms with Crippen LogP contribution < -0.4 is 14.8 Å². The normalized spacial score (nSPS) is 11.8. The molecular weight excluding hydrogens is 496 g/mol. The Labute approximate surface area is 221 Å². The number of hydrogen-bond donors (Lipinski definition) is 0. The van der Waals surface area contributed by atoms with Gasteiger partial charge >= 0.3 is 0 Å². The summed E-state index contributed by atoms with van der Waals surface area (Å²) in [4.78, 5) is 22.5. The zero-order valence-electron chi connectivity index (χ0n) is 20.5. The van der Waals surface area contributed by atoms with Gasteiger partial charge in [0.1, 0.15) is 18.1 Å². The third-order valence-corrected chi connectivity index (χ3v) is 6.92. The highest BCUT2D eigenvalue weighted by atomic mass is 32.1. The van der Waals surface area contributed by atoms with E-state index in [1.54, 1.807) is 18.5 Å². The lowest BCUT2D eigenvalue weighted by molar-refractivity contribution is 0.361. The monoisotopic (exact) mass is 518 g/mol. The molecule has 4 heterocycles. The first-order chi connectivity index (χ1) is 18.6. The fraction of sp³-hybridized carbons (Fsp3) is 0.0690. The lowest BCUT2D eigenvalue weighted by atomic mass is 10.0. The number of aromatic nitrogens is 6. The van der Waals surface area contributed by atoms with E-state index in [2.05, 4.69) is 21.6 Å². The van der Waals surface area contributed by atoms with Crippen molar-refractivity contribution in [3.05, 3.63) is 118 Å². The first-order valence-electron chi connectivity index (χ1n) is 11.9. The first-order valence-corrected chi connectivity index (χ1v) is 12.7. The Balaban J connectivity index is 1.47. The van der Waals surface area contributed by atoms with Gasteiger partial charge in [-0.3, -0.25) is 9.78 Å². The molecule has 0 atom stereocenters. The van der Waals surface area contributed by atoms with Crippen molar-refractivity contribution in [1.82, 2.24) is 29.4 Å². The van der Waals surface area contributed by atoms with Crippen molar-refractivity contribution in [2.45, 2.75) is 6.92 Å². The lowest BCUT2D eigenvalue weighted by Gasteiger charge is -2.08. The van der Waals surface area contributed by atoms with Crippen molar-refractivity contribution in [3.8, 4) is 34.1 Å². The lowest BCUT2D eigenvalue weighted by Crippen LogP contribution is -2.23. The molecule has 8 nitrogen and oxygen atoms in total. The molecule has 0 aliphatic carbocycles. The molecule has 6 aromatic rings. The van der Waals surface area contributed by atoms with Crippen LogP contribution in [0.3, 0.4) is 0 Å². The molecule has 0 saturated heterocycles. The highest BCUT2D eigenvalue weighted by Crippen LogP contribution is 2.29. The van der Waals surface area contributed by atoms with Crippen LogP contribution in [0.2, 0.25) is 0 Å². The molecule has 0 spiro atoms. The van der Waals surface area contributed by atoms with Gasteiger partial charge in [0.25, 0.3) is 5.56 Å². The van der Waals surface area contributed by atoms with E-state index in [1.807, 2.05) is 84.5 Å². The summed E-state index contributed by atoms with van der Waals surface area (Å²) >= 11 is 1.29. The van der Waals surface area contributed by atoms with Gasteiger partial charge in [0.2, 0.25) is 4.96 Å². The summed E-state index contributed by atoms with van der Waals surface area (Å²) in [7, 11) is 0. The third-order valence-electron chi connectivity index (χ3n) is 5.96. The molecule has 2 aromatic carbocycles. The van der Waals surface area contributed by atoms with Gasteiger partial charge in [0.15, 0.2) is 5.82 Å². The summed E-state index contributed by atoms with van der Waals surface area (Å²) < 4.78 is 9.43. The Bertz CT molecular complexity index is 1870. The Morgan fingerprint density at radius 2 is 1.92 bits per heavy atom. The van der Waals surface area contributed by atoms with Crippen LogP contribution in [-0.2, 0) is 0 Å². The van der Waals surface area contributed by atoms with Crippen LogP contribution in [0.1, 0.15) is 11.1 Å². The van der Waals surface area contributed by atoms with E-state index < -0.39 is 0 Å². The molecule has 0 saturated carbocycles. The number of thiazole rings is 1. The van der Waals surface area contributed by atoms with Gasteiger partial charge in [-0.25, -0.2) is 4.68 Å². The average Bonchev–Trinajstić information content (AvgIpc) is 3.64. The molecule has 0 N–H and O–H groups in total. The van der Waals surface area contributed by atoms with Gasteiger partial charge in [0, 0.05) is 35.3 Å². The molecule has 0 aliphatic rings. The quantitative estimate of drug-likeness (QED) is 0.290. The van der Waals surface area contributed by atoms with Crippen LogP contribution >= 0.6 is 11.3 Å². The maximum atomic E-state index is 13.3. The molecule has 0 aliphatic heterocycles. The van der Waals surface area contributed by atoms with Crippen molar-refractivity contribution >= 4 is 22.4 Å². The fourth-order valence-corrected chi connectivity index (χ4v) is 5.03. The predicted octanol–water partition coefficient (Wildman–Crippen LogP) is 4.49. The van der Waals surface area contributed by atoms with Crippen LogP contribution in [0, 0.1) is 6.92 Å². The van der Waals surface area contributed by atoms with Crippen molar-refractivity contribution in [2.75, 3.05) is 6.61 Å². The zero-order chi connectivity index (χ0) is 26.1. The Kier molecular flexibility index (Phi) is 6.11. The Hall–Kier alpha value is -4.89. The second kappa shape index (κ2) is 9.87. The van der Waals surface area contributed by atoms with E-state index in [0.717, 1.165) is 39.4 Å². The van der Waals surface area contributed by atoms with Gasteiger partial charge in [-0.05, 0) is 61.0 Å². The van der Waals surface area contributed by atoms with Gasteiger partial charge in [-0.2, -0.15) is 14.6 Å². The minimum atomic E-state index is -0.226. The van der Waals surface area contributed by atoms with Crippen LogP contribution in [-0.4, -0.2) is 36.0 Å². The smallest absolute Gasteiger partial charge is 0.291 e. The van der Waals surface area contributed by atoms with Gasteiger partial charge in [-0.1, -0.05) is 42.2 Å². The number of hydrogen-bond acceptors (Lipinski definition) is 7. The highest BCUT2D eigenvalue weighted by molar-refractivity contribution is 7.15. The molecule has 0 fully saturated rings. The molecule has 0 amide bonds. The zero-order valence-corrected chi connectivity index (χ0v) is 21.3. The largest absolute Gasteiger partial charge is 0.489 e. The number of fused-ring (bicyclic) bond motifs is 1. The summed E-state index contributed by atoms with van der Waals surface area (Å²) in [5.74, 6) is 1.26. The van der Waals surface area contributed by atoms with Crippen molar-refractivity contribution in [3.63, 3.8) is 0 Å². The van der Waals surface area contributed by atoms with E-state index in [0.29, 0.717) is 21.9 Å². The molecule has 38 heavy (non-hydrogen) atoms. The summed E-state index contributed by atoms with van der Waals surface area (Å²) in [6, 6.07) is 19.5. The fourth-order valence-electron chi connectivity index (χ4n) is 4.13. The second-order valence-electron chi connectivity index (χ2n) is 8.58. The topological polar surface area (TPSA) is 87.2 Å². The standard InChI is InChI=1S/C29H22N6O2S/c1-3-14-37-24-12-11-20(15-19(24)2)26-22(18-34(32-26)23-9-5-4-6-10-23)16-25-28(36)35-29(38-25)31-27(33-35)21-8-7-13-30-17-21/h3-13,15-18H,1,14H2,2H3/b25-16-. The molecule has 0 radical (unpaired) electrons. The predicted molar refractivity (Wildman–Crippen MR) is 149 cm³/mol. The van der Waals surface area contributed by atoms with Crippen LogP contribution in [0.15, 0.2) is 96.7 Å². The molecule has 9 heteroatoms. The molecule has 186 valence electrons. The maximum absolute atomic E-state index is 13.3. The van der Waals surface area contributed by atoms with E-state index in [9.17, 15) is 4.79 Å². The van der Waals surface area contributed by atoms with E-state index >= 15 is 0 Å². The van der Waals surface area contributed by atoms with Crippen LogP contribution in [0.25, 0.3) is 39.4 Å². The SMILES string of the molecule is C=CCOc1ccc(-c2nn(-c3ccccc3)cc2/C=c2\sc3nc(-c4cccnc4)nn3c2=O)cc1C. The second-order valence-corrected chi connectivity index (χ2v) is 9.59. The number of rotatable bonds is 7. The minimum Gasteiger partial charge on any atom is -0.489 e. The van der Waals surface area contributed by atoms with E-state index in [-0.39, 0.29) is 5.56 Å². The van der Waals surface area contributed by atoms with Crippen molar-refractivity contribution in [2.24, 2.45) is 0 Å². The molecule has 4 aromatic heterocycles. The number of benzene rings is 2. The van der Waals surface area contributed by atoms with Gasteiger partial charge in [0.05, 0.1) is 10.2 Å². The summed E-state index contributed by atoms with van der Waals surface area (Å²) in [5.41, 5.74) is 4.91. The van der Waals surface area contributed by atoms with Crippen molar-refractivity contribution in [1.29, 1.82) is 0 Å². The van der Waals surface area contributed by atoms with Gasteiger partial charge in [-0.15, -0.1) is 5.10 Å². The van der Waals surface area contributed by atoms with E-state index in [4.69, 9.17) is 9.84 Å². The first kappa shape index (κ1) is 23.5. The van der Waals surface area contributed by atoms with E-state index in [1.165, 1.54) is 15.9 Å². The Morgan fingerprint density at radius 3 is 2.66 bits per heavy atom. The number of ether oxygens (including phenoxy) is 1. The summed E-state index contributed by atoms with van der Waals surface area (Å²) in [6.07, 6.45) is 8.86. The highest BCUT2D eigenvalue weighted by Gasteiger charge is 2.16. The van der Waals surface area contributed by atoms with Gasteiger partial charge < -0.3 is 4.74 Å². The number of pyridine rings is 1. The molecule has 6 rings (SSSR count). The number of aryl methyl sites for hydroxylation is 1. The Morgan fingerprint density at radius 1 is 1.05 bits per heavy atom. The molecular formula is C29H22N6O2S. The van der Waals surface area contributed by atoms with Crippen LogP contribution in [0.4, 0.5) is 0 Å².